The van der Waals surface area contributed by atoms with Gasteiger partial charge in [0.1, 0.15) is 12.1 Å². The van der Waals surface area contributed by atoms with Gasteiger partial charge in [0.25, 0.3) is 0 Å². The maximum Gasteiger partial charge on any atom is 0.237 e. The second-order valence-electron chi connectivity index (χ2n) is 7.50. The SMILES string of the molecule is Nc1ncnc2cc(CC(c3ccc4[nH]ccc4c3Cl)N3CCNCC3=O)ccc12. The van der Waals surface area contributed by atoms with Crippen molar-refractivity contribution in [3.05, 3.63) is 65.1 Å². The van der Waals surface area contributed by atoms with E-state index in [1.807, 2.05) is 47.5 Å². The van der Waals surface area contributed by atoms with E-state index >= 15 is 0 Å². The number of amides is 1. The van der Waals surface area contributed by atoms with Crippen molar-refractivity contribution in [2.45, 2.75) is 12.5 Å². The van der Waals surface area contributed by atoms with E-state index in [0.29, 0.717) is 30.4 Å². The van der Waals surface area contributed by atoms with E-state index in [1.54, 1.807) is 0 Å². The van der Waals surface area contributed by atoms with Crippen LogP contribution in [-0.4, -0.2) is 45.4 Å². The summed E-state index contributed by atoms with van der Waals surface area (Å²) in [6.07, 6.45) is 3.97. The minimum Gasteiger partial charge on any atom is -0.383 e. The van der Waals surface area contributed by atoms with Crippen molar-refractivity contribution in [3.63, 3.8) is 0 Å². The zero-order chi connectivity index (χ0) is 20.7. The molecule has 4 N–H and O–H groups in total. The molecule has 7 nitrogen and oxygen atoms in total. The topological polar surface area (TPSA) is 99.9 Å². The Kier molecular flexibility index (Phi) is 4.77. The highest BCUT2D eigenvalue weighted by Crippen LogP contribution is 2.36. The predicted molar refractivity (Wildman–Crippen MR) is 118 cm³/mol. The van der Waals surface area contributed by atoms with Crippen molar-refractivity contribution < 1.29 is 4.79 Å². The Morgan fingerprint density at radius 1 is 1.17 bits per heavy atom. The highest BCUT2D eigenvalue weighted by atomic mass is 35.5. The second kappa shape index (κ2) is 7.59. The summed E-state index contributed by atoms with van der Waals surface area (Å²) in [5.74, 6) is 0.533. The molecule has 8 heteroatoms. The zero-order valence-electron chi connectivity index (χ0n) is 16.2. The Labute approximate surface area is 178 Å². The number of hydrogen-bond acceptors (Lipinski definition) is 5. The molecule has 0 spiro atoms. The minimum absolute atomic E-state index is 0.0730. The van der Waals surface area contributed by atoms with E-state index in [9.17, 15) is 4.79 Å². The van der Waals surface area contributed by atoms with Crippen LogP contribution in [0, 0.1) is 0 Å². The number of fused-ring (bicyclic) bond motifs is 2. The van der Waals surface area contributed by atoms with Crippen molar-refractivity contribution in [1.82, 2.24) is 25.2 Å². The van der Waals surface area contributed by atoms with Gasteiger partial charge in [0, 0.05) is 35.6 Å². The van der Waals surface area contributed by atoms with Gasteiger partial charge < -0.3 is 20.9 Å². The van der Waals surface area contributed by atoms with Gasteiger partial charge in [0.15, 0.2) is 0 Å². The number of halogens is 1. The average molecular weight is 421 g/mol. The molecule has 0 radical (unpaired) electrons. The van der Waals surface area contributed by atoms with Crippen molar-refractivity contribution in [1.29, 1.82) is 0 Å². The molecule has 3 heterocycles. The Bertz CT molecular complexity index is 1250. The van der Waals surface area contributed by atoms with Gasteiger partial charge in [-0.3, -0.25) is 4.79 Å². The van der Waals surface area contributed by atoms with Crippen LogP contribution in [0.1, 0.15) is 17.2 Å². The van der Waals surface area contributed by atoms with Crippen LogP contribution in [0.4, 0.5) is 5.82 Å². The maximum absolute atomic E-state index is 12.8. The molecule has 1 aliphatic heterocycles. The Balaban J connectivity index is 1.59. The van der Waals surface area contributed by atoms with E-state index in [-0.39, 0.29) is 11.9 Å². The standard InChI is InChI=1S/C22H21ClN6O/c23-21-14-5-6-26-17(14)4-3-16(21)19(29-8-7-25-11-20(29)30)10-13-1-2-15-18(9-13)27-12-28-22(15)24/h1-6,9,12,19,25-26H,7-8,10-11H2,(H2,24,27,28). The molecule has 0 bridgehead atoms. The number of anilines is 1. The number of aromatic amines is 1. The number of rotatable bonds is 4. The molecule has 0 saturated carbocycles. The Hall–Kier alpha value is -3.16. The van der Waals surface area contributed by atoms with Crippen LogP contribution in [0.5, 0.6) is 0 Å². The second-order valence-corrected chi connectivity index (χ2v) is 7.88. The molecule has 1 amide bonds. The molecule has 1 aliphatic rings. The third-order valence-electron chi connectivity index (χ3n) is 5.72. The molecule has 0 aliphatic carbocycles. The van der Waals surface area contributed by atoms with Crippen LogP contribution in [0.25, 0.3) is 21.8 Å². The van der Waals surface area contributed by atoms with E-state index in [4.69, 9.17) is 17.3 Å². The lowest BCUT2D eigenvalue weighted by Gasteiger charge is -2.36. The number of H-pyrrole nitrogens is 1. The van der Waals surface area contributed by atoms with Crippen molar-refractivity contribution in [2.24, 2.45) is 0 Å². The first-order valence-electron chi connectivity index (χ1n) is 9.86. The smallest absolute Gasteiger partial charge is 0.237 e. The highest BCUT2D eigenvalue weighted by Gasteiger charge is 2.29. The molecule has 30 heavy (non-hydrogen) atoms. The molecule has 2 aromatic heterocycles. The van der Waals surface area contributed by atoms with Gasteiger partial charge in [-0.1, -0.05) is 23.7 Å². The maximum atomic E-state index is 12.8. The molecule has 1 atom stereocenters. The zero-order valence-corrected chi connectivity index (χ0v) is 17.0. The quantitative estimate of drug-likeness (QED) is 0.471. The van der Waals surface area contributed by atoms with Crippen LogP contribution in [-0.2, 0) is 11.2 Å². The van der Waals surface area contributed by atoms with Crippen molar-refractivity contribution in [2.75, 3.05) is 25.4 Å². The van der Waals surface area contributed by atoms with E-state index in [1.165, 1.54) is 6.33 Å². The number of hydrogen-bond donors (Lipinski definition) is 3. The summed E-state index contributed by atoms with van der Waals surface area (Å²) in [6.45, 7) is 1.73. The van der Waals surface area contributed by atoms with E-state index < -0.39 is 0 Å². The fraction of sp³-hybridized carbons (Fsp3) is 0.227. The van der Waals surface area contributed by atoms with Gasteiger partial charge in [0.2, 0.25) is 5.91 Å². The summed E-state index contributed by atoms with van der Waals surface area (Å²) in [5, 5.41) is 5.60. The molecule has 1 unspecified atom stereocenters. The first-order valence-corrected chi connectivity index (χ1v) is 10.2. The predicted octanol–water partition coefficient (Wildman–Crippen LogP) is 3.06. The van der Waals surface area contributed by atoms with Gasteiger partial charge in [-0.2, -0.15) is 0 Å². The van der Waals surface area contributed by atoms with Crippen molar-refractivity contribution >= 4 is 45.1 Å². The summed E-state index contributed by atoms with van der Waals surface area (Å²) in [7, 11) is 0. The normalized spacial score (nSPS) is 15.8. The number of benzene rings is 2. The first kappa shape index (κ1) is 18.8. The summed E-state index contributed by atoms with van der Waals surface area (Å²) < 4.78 is 0. The summed E-state index contributed by atoms with van der Waals surface area (Å²) in [4.78, 5) is 26.3. The van der Waals surface area contributed by atoms with Crippen LogP contribution in [0.3, 0.4) is 0 Å². The number of nitrogens with one attached hydrogen (secondary N) is 2. The molecule has 2 aromatic carbocycles. The minimum atomic E-state index is -0.178. The number of carbonyl (C=O) groups excluding carboxylic acids is 1. The third kappa shape index (κ3) is 3.26. The summed E-state index contributed by atoms with van der Waals surface area (Å²) >= 11 is 6.82. The monoisotopic (exact) mass is 420 g/mol. The van der Waals surface area contributed by atoms with Gasteiger partial charge in [-0.15, -0.1) is 0 Å². The van der Waals surface area contributed by atoms with Crippen LogP contribution >= 0.6 is 11.6 Å². The van der Waals surface area contributed by atoms with E-state index in [2.05, 4.69) is 20.3 Å². The van der Waals surface area contributed by atoms with Gasteiger partial charge in [-0.25, -0.2) is 9.97 Å². The number of piperazine rings is 1. The highest BCUT2D eigenvalue weighted by molar-refractivity contribution is 6.36. The third-order valence-corrected chi connectivity index (χ3v) is 6.14. The fourth-order valence-corrected chi connectivity index (χ4v) is 4.54. The lowest BCUT2D eigenvalue weighted by Crippen LogP contribution is -2.49. The van der Waals surface area contributed by atoms with Crippen LogP contribution < -0.4 is 11.1 Å². The van der Waals surface area contributed by atoms with Gasteiger partial charge in [0.05, 0.1) is 23.1 Å². The van der Waals surface area contributed by atoms with Gasteiger partial charge >= 0.3 is 0 Å². The number of aromatic nitrogens is 3. The van der Waals surface area contributed by atoms with Crippen LogP contribution in [0.15, 0.2) is 48.9 Å². The Morgan fingerprint density at radius 2 is 2.07 bits per heavy atom. The largest absolute Gasteiger partial charge is 0.383 e. The average Bonchev–Trinajstić information content (AvgIpc) is 3.23. The lowest BCUT2D eigenvalue weighted by atomic mass is 9.95. The molecule has 4 aromatic rings. The summed E-state index contributed by atoms with van der Waals surface area (Å²) in [6, 6.07) is 11.8. The summed E-state index contributed by atoms with van der Waals surface area (Å²) in [5.41, 5.74) is 9.74. The number of nitrogens with zero attached hydrogens (tertiary/aromatic N) is 3. The Morgan fingerprint density at radius 3 is 2.93 bits per heavy atom. The van der Waals surface area contributed by atoms with Crippen LogP contribution in [0.2, 0.25) is 5.02 Å². The molecule has 152 valence electrons. The fourth-order valence-electron chi connectivity index (χ4n) is 4.18. The molecule has 1 fully saturated rings. The lowest BCUT2D eigenvalue weighted by molar-refractivity contribution is -0.134. The molecule has 5 rings (SSSR count). The van der Waals surface area contributed by atoms with Crippen molar-refractivity contribution in [3.8, 4) is 0 Å². The van der Waals surface area contributed by atoms with Gasteiger partial charge in [-0.05, 0) is 41.8 Å². The first-order chi connectivity index (χ1) is 14.6. The molecule has 1 saturated heterocycles. The number of nitrogen functional groups attached to an aromatic ring is 1. The molecular formula is C22H21ClN6O. The number of carbonyl (C=O) groups is 1. The number of nitrogens with two attached hydrogens (primary N) is 1. The van der Waals surface area contributed by atoms with E-state index in [0.717, 1.165) is 39.5 Å². The molecular weight excluding hydrogens is 400 g/mol.